The van der Waals surface area contributed by atoms with E-state index in [9.17, 15) is 14.7 Å². The molecule has 0 bridgehead atoms. The molecule has 0 aromatic heterocycles. The molecule has 0 aliphatic heterocycles. The van der Waals surface area contributed by atoms with Crippen LogP contribution in [0.4, 0.5) is 0 Å². The molecule has 0 fully saturated rings. The molecule has 1 aromatic carbocycles. The van der Waals surface area contributed by atoms with Crippen molar-refractivity contribution in [1.29, 1.82) is 0 Å². The second kappa shape index (κ2) is 4.44. The monoisotopic (exact) mass is 247 g/mol. The normalized spacial score (nSPS) is 16.4. The first-order valence-electron chi connectivity index (χ1n) is 6.05. The molecular formula is C14H17NO3. The van der Waals surface area contributed by atoms with E-state index in [2.05, 4.69) is 0 Å². The van der Waals surface area contributed by atoms with Crippen molar-refractivity contribution in [3.63, 3.8) is 0 Å². The zero-order chi connectivity index (χ0) is 13.3. The van der Waals surface area contributed by atoms with E-state index < -0.39 is 11.5 Å². The topological polar surface area (TPSA) is 57.6 Å². The minimum absolute atomic E-state index is 0.132. The quantitative estimate of drug-likeness (QED) is 0.820. The van der Waals surface area contributed by atoms with Gasteiger partial charge in [0.05, 0.1) is 0 Å². The van der Waals surface area contributed by atoms with Crippen molar-refractivity contribution in [1.82, 2.24) is 4.90 Å². The lowest BCUT2D eigenvalue weighted by molar-refractivity contribution is -0.156. The van der Waals surface area contributed by atoms with E-state index in [1.54, 1.807) is 0 Å². The molecule has 0 heterocycles. The largest absolute Gasteiger partial charge is 0.479 e. The highest BCUT2D eigenvalue weighted by Gasteiger charge is 2.49. The van der Waals surface area contributed by atoms with Crippen LogP contribution in [0.1, 0.15) is 25.0 Å². The van der Waals surface area contributed by atoms with Gasteiger partial charge in [-0.25, -0.2) is 4.79 Å². The Hall–Kier alpha value is -1.84. The minimum atomic E-state index is -1.13. The third kappa shape index (κ3) is 1.78. The van der Waals surface area contributed by atoms with E-state index in [1.807, 2.05) is 38.1 Å². The van der Waals surface area contributed by atoms with Crippen LogP contribution in [0.2, 0.25) is 0 Å². The molecule has 18 heavy (non-hydrogen) atoms. The Morgan fingerprint density at radius 3 is 2.17 bits per heavy atom. The molecule has 0 saturated carbocycles. The Morgan fingerprint density at radius 2 is 1.83 bits per heavy atom. The van der Waals surface area contributed by atoms with Gasteiger partial charge in [0.2, 0.25) is 6.41 Å². The molecule has 1 aliphatic rings. The summed E-state index contributed by atoms with van der Waals surface area (Å²) in [7, 11) is 0. The van der Waals surface area contributed by atoms with Crippen molar-refractivity contribution in [2.75, 3.05) is 0 Å². The van der Waals surface area contributed by atoms with Gasteiger partial charge in [-0.1, -0.05) is 24.3 Å². The van der Waals surface area contributed by atoms with Crippen molar-refractivity contribution < 1.29 is 14.7 Å². The molecule has 1 amide bonds. The third-order valence-corrected chi connectivity index (χ3v) is 3.65. The highest BCUT2D eigenvalue weighted by Crippen LogP contribution is 2.35. The predicted octanol–water partition coefficient (Wildman–Crippen LogP) is 1.48. The van der Waals surface area contributed by atoms with Crippen LogP contribution in [0.5, 0.6) is 0 Å². The summed E-state index contributed by atoms with van der Waals surface area (Å²) in [5.41, 5.74) is 0.916. The van der Waals surface area contributed by atoms with E-state index in [4.69, 9.17) is 0 Å². The average Bonchev–Trinajstić information content (AvgIpc) is 2.69. The molecule has 0 unspecified atom stereocenters. The fourth-order valence-electron chi connectivity index (χ4n) is 2.76. The molecule has 0 saturated heterocycles. The van der Waals surface area contributed by atoms with Gasteiger partial charge in [0.15, 0.2) is 0 Å². The smallest absolute Gasteiger partial charge is 0.330 e. The standard InChI is InChI=1S/C14H17NO3/c1-10(2)15(9-16)14(13(17)18)7-11-5-3-4-6-12(11)8-14/h3-6,9-10H,7-8H2,1-2H3,(H,17,18). The van der Waals surface area contributed by atoms with Crippen LogP contribution in [-0.2, 0) is 22.4 Å². The van der Waals surface area contributed by atoms with Gasteiger partial charge in [0, 0.05) is 18.9 Å². The van der Waals surface area contributed by atoms with Gasteiger partial charge in [-0.3, -0.25) is 4.79 Å². The highest BCUT2D eigenvalue weighted by molar-refractivity contribution is 5.84. The first-order chi connectivity index (χ1) is 8.51. The second-order valence-corrected chi connectivity index (χ2v) is 5.07. The summed E-state index contributed by atoms with van der Waals surface area (Å²) in [6.07, 6.45) is 1.43. The number of hydrogen-bond donors (Lipinski definition) is 1. The number of hydrogen-bond acceptors (Lipinski definition) is 2. The Morgan fingerprint density at radius 1 is 1.33 bits per heavy atom. The van der Waals surface area contributed by atoms with Crippen molar-refractivity contribution in [2.24, 2.45) is 0 Å². The zero-order valence-corrected chi connectivity index (χ0v) is 10.6. The molecule has 96 valence electrons. The van der Waals surface area contributed by atoms with Gasteiger partial charge in [-0.15, -0.1) is 0 Å². The Bertz CT molecular complexity index is 457. The summed E-state index contributed by atoms with van der Waals surface area (Å²) in [5.74, 6) is -0.931. The van der Waals surface area contributed by atoms with Gasteiger partial charge in [0.1, 0.15) is 5.54 Å². The summed E-state index contributed by atoms with van der Waals surface area (Å²) in [4.78, 5) is 24.4. The number of amides is 1. The maximum absolute atomic E-state index is 11.7. The zero-order valence-electron chi connectivity index (χ0n) is 10.6. The molecule has 0 spiro atoms. The van der Waals surface area contributed by atoms with E-state index in [1.165, 1.54) is 4.90 Å². The van der Waals surface area contributed by atoms with Crippen LogP contribution in [0.3, 0.4) is 0 Å². The molecule has 1 N–H and O–H groups in total. The Labute approximate surface area is 106 Å². The maximum Gasteiger partial charge on any atom is 0.330 e. The van der Waals surface area contributed by atoms with Crippen LogP contribution in [0.15, 0.2) is 24.3 Å². The lowest BCUT2D eigenvalue weighted by atomic mass is 9.92. The van der Waals surface area contributed by atoms with Crippen molar-refractivity contribution in [2.45, 2.75) is 38.3 Å². The Kier molecular flexibility index (Phi) is 3.11. The number of nitrogens with zero attached hydrogens (tertiary/aromatic N) is 1. The number of aliphatic carboxylic acids is 1. The van der Waals surface area contributed by atoms with Gasteiger partial charge in [0.25, 0.3) is 0 Å². The van der Waals surface area contributed by atoms with E-state index in [0.717, 1.165) is 11.1 Å². The molecular weight excluding hydrogens is 230 g/mol. The van der Waals surface area contributed by atoms with Crippen LogP contribution in [0, 0.1) is 0 Å². The van der Waals surface area contributed by atoms with E-state index >= 15 is 0 Å². The lowest BCUT2D eigenvalue weighted by Gasteiger charge is -2.37. The lowest BCUT2D eigenvalue weighted by Crippen LogP contribution is -2.57. The highest BCUT2D eigenvalue weighted by atomic mass is 16.4. The van der Waals surface area contributed by atoms with Gasteiger partial charge in [-0.2, -0.15) is 0 Å². The van der Waals surface area contributed by atoms with Gasteiger partial charge >= 0.3 is 5.97 Å². The first-order valence-corrected chi connectivity index (χ1v) is 6.05. The van der Waals surface area contributed by atoms with E-state index in [-0.39, 0.29) is 6.04 Å². The van der Waals surface area contributed by atoms with Crippen molar-refractivity contribution in [3.8, 4) is 0 Å². The maximum atomic E-state index is 11.7. The molecule has 4 nitrogen and oxygen atoms in total. The van der Waals surface area contributed by atoms with Crippen LogP contribution < -0.4 is 0 Å². The van der Waals surface area contributed by atoms with E-state index in [0.29, 0.717) is 19.3 Å². The number of fused-ring (bicyclic) bond motifs is 1. The first kappa shape index (κ1) is 12.6. The number of carbonyl (C=O) groups excluding carboxylic acids is 1. The number of carboxylic acids is 1. The minimum Gasteiger partial charge on any atom is -0.479 e. The van der Waals surface area contributed by atoms with Crippen molar-refractivity contribution in [3.05, 3.63) is 35.4 Å². The van der Waals surface area contributed by atoms with Gasteiger partial charge in [-0.05, 0) is 25.0 Å². The number of carboxylic acid groups (broad SMARTS) is 1. The third-order valence-electron chi connectivity index (χ3n) is 3.65. The van der Waals surface area contributed by atoms with Gasteiger partial charge < -0.3 is 10.0 Å². The average molecular weight is 247 g/mol. The summed E-state index contributed by atoms with van der Waals surface area (Å²) in [6, 6.07) is 7.54. The SMILES string of the molecule is CC(C)N(C=O)C1(C(=O)O)Cc2ccccc2C1. The molecule has 1 aromatic rings. The molecule has 4 heteroatoms. The number of benzene rings is 1. The second-order valence-electron chi connectivity index (χ2n) is 5.07. The summed E-state index contributed by atoms with van der Waals surface area (Å²) >= 11 is 0. The molecule has 0 atom stereocenters. The number of carbonyl (C=O) groups is 2. The molecule has 2 rings (SSSR count). The molecule has 1 aliphatic carbocycles. The Balaban J connectivity index is 2.44. The fraction of sp³-hybridized carbons (Fsp3) is 0.429. The summed E-state index contributed by atoms with van der Waals surface area (Å²) < 4.78 is 0. The van der Waals surface area contributed by atoms with Crippen LogP contribution >= 0.6 is 0 Å². The van der Waals surface area contributed by atoms with Crippen LogP contribution in [-0.4, -0.2) is 34.0 Å². The summed E-state index contributed by atoms with van der Waals surface area (Å²) in [6.45, 7) is 3.67. The van der Waals surface area contributed by atoms with Crippen LogP contribution in [0.25, 0.3) is 0 Å². The predicted molar refractivity (Wildman–Crippen MR) is 67.3 cm³/mol. The van der Waals surface area contributed by atoms with Crippen molar-refractivity contribution >= 4 is 12.4 Å². The molecule has 0 radical (unpaired) electrons. The number of rotatable bonds is 4. The fourth-order valence-corrected chi connectivity index (χ4v) is 2.76. The summed E-state index contributed by atoms with van der Waals surface area (Å²) in [5, 5.41) is 9.59.